The van der Waals surface area contributed by atoms with Crippen LogP contribution in [-0.4, -0.2) is 10.1 Å². The Labute approximate surface area is 176 Å². The first-order chi connectivity index (χ1) is 11.3. The molecule has 2 radical (unpaired) electrons. The van der Waals surface area contributed by atoms with Crippen LogP contribution in [0.2, 0.25) is 0 Å². The molecule has 0 aromatic heterocycles. The van der Waals surface area contributed by atoms with Crippen molar-refractivity contribution >= 4 is 26.5 Å². The van der Waals surface area contributed by atoms with Crippen molar-refractivity contribution in [1.82, 2.24) is 0 Å². The van der Waals surface area contributed by atoms with Gasteiger partial charge in [0, 0.05) is 32.8 Å². The topological polar surface area (TPSA) is 0 Å². The molecule has 0 saturated heterocycles. The molecule has 0 unspecified atom stereocenters. The Morgan fingerprint density at radius 1 is 0.769 bits per heavy atom. The Bertz CT molecular complexity index is 613. The minimum absolute atomic E-state index is 0. The van der Waals surface area contributed by atoms with E-state index in [1.807, 2.05) is 6.08 Å². The first kappa shape index (κ1) is 26.1. The zero-order valence-corrected chi connectivity index (χ0v) is 21.3. The van der Waals surface area contributed by atoms with E-state index >= 15 is 0 Å². The van der Waals surface area contributed by atoms with Gasteiger partial charge in [-0.2, -0.15) is 0 Å². The minimum atomic E-state index is 0. The van der Waals surface area contributed by atoms with Gasteiger partial charge in [0.2, 0.25) is 0 Å². The Hall–Kier alpha value is 0.0665. The van der Waals surface area contributed by atoms with Crippen LogP contribution in [0.3, 0.4) is 0 Å². The molecule has 0 spiro atoms. The van der Waals surface area contributed by atoms with Crippen LogP contribution < -0.4 is 0 Å². The molecule has 1 aliphatic carbocycles. The third-order valence-corrected chi connectivity index (χ3v) is 9.69. The van der Waals surface area contributed by atoms with E-state index in [1.54, 1.807) is 10.1 Å². The zero-order valence-electron chi connectivity index (χ0n) is 18.4. The van der Waals surface area contributed by atoms with Gasteiger partial charge in [-0.25, -0.2) is 0 Å². The van der Waals surface area contributed by atoms with Crippen molar-refractivity contribution in [3.8, 4) is 0 Å². The van der Waals surface area contributed by atoms with E-state index in [-0.39, 0.29) is 16.8 Å². The number of hydrogen-bond acceptors (Lipinski definition) is 0. The third-order valence-electron chi connectivity index (χ3n) is 4.96. The van der Waals surface area contributed by atoms with E-state index in [1.165, 1.54) is 44.6 Å². The van der Waals surface area contributed by atoms with E-state index in [9.17, 15) is 0 Å². The standard InChI is InChI=1S/C13H19.C10H18P2.Co/c1-6-7-8-13-11(4)9(2)10(3)12(13)5;1-9(2,3)7-11-8(12-7)10(4,5)6;/h6H,1,7-8H2,2-5H3;1-6H3;. The normalized spacial score (nSPS) is 19.0. The first-order valence-electron chi connectivity index (χ1n) is 9.31. The largest absolute Gasteiger partial charge is 0.103 e. The summed E-state index contributed by atoms with van der Waals surface area (Å²) in [4.78, 5) is 0. The van der Waals surface area contributed by atoms with Gasteiger partial charge in [0.15, 0.2) is 0 Å². The van der Waals surface area contributed by atoms with Gasteiger partial charge >= 0.3 is 0 Å². The Morgan fingerprint density at radius 3 is 1.46 bits per heavy atom. The van der Waals surface area contributed by atoms with Gasteiger partial charge in [-0.1, -0.05) is 82.1 Å². The van der Waals surface area contributed by atoms with E-state index in [4.69, 9.17) is 0 Å². The van der Waals surface area contributed by atoms with Crippen molar-refractivity contribution in [3.05, 3.63) is 40.9 Å². The zero-order chi connectivity index (χ0) is 19.6. The van der Waals surface area contributed by atoms with Crippen LogP contribution in [0.4, 0.5) is 0 Å². The second-order valence-corrected chi connectivity index (χ2v) is 12.1. The van der Waals surface area contributed by atoms with Crippen molar-refractivity contribution in [2.45, 2.75) is 82.1 Å². The molecule has 2 aliphatic rings. The average Bonchev–Trinajstić information content (AvgIpc) is 2.57. The van der Waals surface area contributed by atoms with Gasteiger partial charge in [-0.3, -0.25) is 0 Å². The molecule has 0 amide bonds. The van der Waals surface area contributed by atoms with E-state index in [2.05, 4.69) is 75.8 Å². The van der Waals surface area contributed by atoms with Crippen LogP contribution in [0, 0.1) is 16.7 Å². The van der Waals surface area contributed by atoms with Gasteiger partial charge in [0.1, 0.15) is 0 Å². The van der Waals surface area contributed by atoms with Gasteiger partial charge in [-0.05, 0) is 55.6 Å². The summed E-state index contributed by atoms with van der Waals surface area (Å²) in [5.74, 6) is 1.48. The van der Waals surface area contributed by atoms with Crippen molar-refractivity contribution in [2.24, 2.45) is 10.8 Å². The molecular weight excluding hydrogens is 397 g/mol. The van der Waals surface area contributed by atoms with Crippen molar-refractivity contribution in [2.75, 3.05) is 0 Å². The number of hydrogen-bond donors (Lipinski definition) is 0. The molecule has 26 heavy (non-hydrogen) atoms. The molecule has 3 heteroatoms. The molecule has 1 aliphatic heterocycles. The molecule has 1 heterocycles. The SMILES string of the molecule is C=CCCC1=C(C)C(C)=C(C)[C]1C.CC(C)(C)C1=PC(C(C)(C)C)=P1.[Co]. The molecule has 0 N–H and O–H groups in total. The van der Waals surface area contributed by atoms with Crippen molar-refractivity contribution in [1.29, 1.82) is 0 Å². The maximum absolute atomic E-state index is 3.76. The molecule has 148 valence electrons. The molecular formula is C23H37CoP2. The summed E-state index contributed by atoms with van der Waals surface area (Å²) in [6.07, 6.45) is 4.23. The van der Waals surface area contributed by atoms with Crippen LogP contribution in [-0.2, 0) is 16.8 Å². The van der Waals surface area contributed by atoms with Crippen LogP contribution >= 0.6 is 16.4 Å². The maximum Gasteiger partial charge on any atom is 0.0229 e. The van der Waals surface area contributed by atoms with Gasteiger partial charge in [0.05, 0.1) is 0 Å². The van der Waals surface area contributed by atoms with E-state index < -0.39 is 0 Å². The average molecular weight is 434 g/mol. The Morgan fingerprint density at radius 2 is 1.19 bits per heavy atom. The fraction of sp³-hybridized carbons (Fsp3) is 0.609. The van der Waals surface area contributed by atoms with Gasteiger partial charge in [-0.15, -0.1) is 6.58 Å². The smallest absolute Gasteiger partial charge is 0.0229 e. The van der Waals surface area contributed by atoms with E-state index in [0.717, 1.165) is 12.8 Å². The predicted molar refractivity (Wildman–Crippen MR) is 122 cm³/mol. The second-order valence-electron chi connectivity index (χ2n) is 9.18. The summed E-state index contributed by atoms with van der Waals surface area (Å²) in [5, 5.41) is 3.35. The molecule has 0 bridgehead atoms. The Kier molecular flexibility index (Phi) is 10.0. The summed E-state index contributed by atoms with van der Waals surface area (Å²) < 4.78 is 0. The van der Waals surface area contributed by atoms with Crippen LogP contribution in [0.15, 0.2) is 34.9 Å². The molecule has 0 aromatic carbocycles. The predicted octanol–water partition coefficient (Wildman–Crippen LogP) is 8.46. The quantitative estimate of drug-likeness (QED) is 0.309. The summed E-state index contributed by atoms with van der Waals surface area (Å²) in [5.41, 5.74) is 6.79. The fourth-order valence-electron chi connectivity index (χ4n) is 2.79. The Balaban J connectivity index is 0.000000464. The third kappa shape index (κ3) is 6.59. The second kappa shape index (κ2) is 10.0. The number of allylic oxidation sites excluding steroid dienone is 5. The molecule has 2 rings (SSSR count). The first-order valence-corrected chi connectivity index (χ1v) is 11.1. The van der Waals surface area contributed by atoms with Crippen LogP contribution in [0.25, 0.3) is 0 Å². The maximum atomic E-state index is 3.76. The summed E-state index contributed by atoms with van der Waals surface area (Å²) in [6, 6.07) is 0. The van der Waals surface area contributed by atoms with Crippen molar-refractivity contribution < 1.29 is 16.8 Å². The van der Waals surface area contributed by atoms with Crippen LogP contribution in [0.5, 0.6) is 0 Å². The van der Waals surface area contributed by atoms with Gasteiger partial charge in [0.25, 0.3) is 0 Å². The van der Waals surface area contributed by atoms with Crippen LogP contribution in [0.1, 0.15) is 82.1 Å². The number of rotatable bonds is 3. The monoisotopic (exact) mass is 434 g/mol. The van der Waals surface area contributed by atoms with E-state index in [0.29, 0.717) is 10.8 Å². The van der Waals surface area contributed by atoms with Gasteiger partial charge < -0.3 is 0 Å². The summed E-state index contributed by atoms with van der Waals surface area (Å²) in [6.45, 7) is 26.5. The molecule has 0 fully saturated rings. The molecule has 0 nitrogen and oxygen atoms in total. The molecule has 0 saturated carbocycles. The summed E-state index contributed by atoms with van der Waals surface area (Å²) >= 11 is 0. The summed E-state index contributed by atoms with van der Waals surface area (Å²) in [7, 11) is 3.04. The molecule has 0 aromatic rings. The fourth-order valence-corrected chi connectivity index (χ4v) is 5.45. The molecule has 0 atom stereocenters. The van der Waals surface area contributed by atoms with Crippen molar-refractivity contribution in [3.63, 3.8) is 0 Å². The minimum Gasteiger partial charge on any atom is -0.103 e.